The average molecular weight is 402 g/mol. The number of aromatic amines is 1. The van der Waals surface area contributed by atoms with E-state index in [1.54, 1.807) is 24.7 Å². The van der Waals surface area contributed by atoms with E-state index < -0.39 is 0 Å². The summed E-state index contributed by atoms with van der Waals surface area (Å²) in [4.78, 5) is 28.4. The van der Waals surface area contributed by atoms with E-state index in [0.29, 0.717) is 34.8 Å². The largest absolute Gasteiger partial charge is 0.494 e. The highest BCUT2D eigenvalue weighted by Crippen LogP contribution is 2.20. The summed E-state index contributed by atoms with van der Waals surface area (Å²) in [7, 11) is 0. The minimum absolute atomic E-state index is 0. The van der Waals surface area contributed by atoms with Crippen molar-refractivity contribution in [2.24, 2.45) is 0 Å². The van der Waals surface area contributed by atoms with E-state index in [1.165, 1.54) is 5.56 Å². The van der Waals surface area contributed by atoms with Crippen LogP contribution in [0.15, 0.2) is 65.8 Å². The Morgan fingerprint density at radius 3 is 2.60 bits per heavy atom. The Balaban J connectivity index is 0.00000256. The molecule has 0 bridgehead atoms. The maximum Gasteiger partial charge on any atom is 0.259 e. The minimum atomic E-state index is -0.198. The molecule has 0 saturated heterocycles. The summed E-state index contributed by atoms with van der Waals surface area (Å²) in [5.41, 5.74) is 3.47. The average Bonchev–Trinajstić information content (AvgIpc) is 2.77. The minimum Gasteiger partial charge on any atom is -0.494 e. The number of H-pyrrole nitrogens is 1. The number of fused-ring (bicyclic) bond motifs is 1. The topological polar surface area (TPSA) is 80.8 Å². The van der Waals surface area contributed by atoms with Crippen molar-refractivity contribution in [3.8, 4) is 17.3 Å². The highest BCUT2D eigenvalue weighted by molar-refractivity contribution is 5.80. The third kappa shape index (κ3) is 4.89. The predicted octanol–water partition coefficient (Wildman–Crippen LogP) is 4.59. The molecule has 0 amide bonds. The lowest BCUT2D eigenvalue weighted by Gasteiger charge is -2.08. The van der Waals surface area contributed by atoms with Crippen molar-refractivity contribution in [3.05, 3.63) is 82.5 Å². The monoisotopic (exact) mass is 402 g/mol. The van der Waals surface area contributed by atoms with Crippen molar-refractivity contribution in [1.82, 2.24) is 19.9 Å². The molecule has 6 nitrogen and oxygen atoms in total. The zero-order chi connectivity index (χ0) is 20.1. The van der Waals surface area contributed by atoms with Crippen LogP contribution in [0, 0.1) is 0 Å². The van der Waals surface area contributed by atoms with Gasteiger partial charge in [0.15, 0.2) is 5.82 Å². The van der Waals surface area contributed by atoms with Gasteiger partial charge in [-0.3, -0.25) is 14.8 Å². The molecule has 3 heterocycles. The molecule has 1 aromatic carbocycles. The fraction of sp³-hybridized carbons (Fsp3) is 0.250. The number of nitrogens with one attached hydrogen (secondary N) is 1. The quantitative estimate of drug-likeness (QED) is 0.457. The van der Waals surface area contributed by atoms with Crippen molar-refractivity contribution < 1.29 is 4.74 Å². The van der Waals surface area contributed by atoms with Gasteiger partial charge in [-0.05, 0) is 72.9 Å². The fourth-order valence-corrected chi connectivity index (χ4v) is 3.17. The molecular weight excluding hydrogens is 376 g/mol. The molecule has 154 valence electrons. The molecule has 6 heteroatoms. The third-order valence-corrected chi connectivity index (χ3v) is 4.78. The highest BCUT2D eigenvalue weighted by Gasteiger charge is 2.09. The number of rotatable bonds is 7. The van der Waals surface area contributed by atoms with Gasteiger partial charge in [-0.25, -0.2) is 4.98 Å². The number of pyridine rings is 2. The second-order valence-corrected chi connectivity index (χ2v) is 6.80. The van der Waals surface area contributed by atoms with Crippen molar-refractivity contribution >= 4 is 10.9 Å². The van der Waals surface area contributed by atoms with Crippen molar-refractivity contribution in [2.45, 2.75) is 33.6 Å². The Bertz CT molecular complexity index is 1170. The van der Waals surface area contributed by atoms with Crippen LogP contribution in [0.2, 0.25) is 0 Å². The predicted molar refractivity (Wildman–Crippen MR) is 120 cm³/mol. The molecule has 0 aliphatic carbocycles. The molecule has 4 aromatic rings. The van der Waals surface area contributed by atoms with Crippen molar-refractivity contribution in [2.75, 3.05) is 6.61 Å². The van der Waals surface area contributed by atoms with Gasteiger partial charge in [0.25, 0.3) is 5.56 Å². The van der Waals surface area contributed by atoms with Crippen LogP contribution in [0.5, 0.6) is 5.75 Å². The van der Waals surface area contributed by atoms with E-state index in [1.807, 2.05) is 36.4 Å². The maximum atomic E-state index is 12.6. The Kier molecular flexibility index (Phi) is 6.91. The van der Waals surface area contributed by atoms with Crippen LogP contribution in [0.3, 0.4) is 0 Å². The van der Waals surface area contributed by atoms with Gasteiger partial charge >= 0.3 is 0 Å². The Hall–Kier alpha value is -3.54. The lowest BCUT2D eigenvalue weighted by Crippen LogP contribution is -2.10. The second-order valence-electron chi connectivity index (χ2n) is 6.80. The third-order valence-electron chi connectivity index (χ3n) is 4.78. The number of benzene rings is 1. The van der Waals surface area contributed by atoms with Gasteiger partial charge < -0.3 is 9.72 Å². The van der Waals surface area contributed by atoms with Crippen LogP contribution >= 0.6 is 0 Å². The van der Waals surface area contributed by atoms with E-state index >= 15 is 0 Å². The molecule has 4 rings (SSSR count). The number of hydrogen-bond acceptors (Lipinski definition) is 5. The van der Waals surface area contributed by atoms with Gasteiger partial charge in [0.2, 0.25) is 0 Å². The first-order valence-corrected chi connectivity index (χ1v) is 9.74. The van der Waals surface area contributed by atoms with Crippen molar-refractivity contribution in [1.29, 1.82) is 0 Å². The van der Waals surface area contributed by atoms with Crippen LogP contribution < -0.4 is 10.3 Å². The lowest BCUT2D eigenvalue weighted by molar-refractivity contribution is 0.311. The summed E-state index contributed by atoms with van der Waals surface area (Å²) >= 11 is 0. The Morgan fingerprint density at radius 1 is 1.00 bits per heavy atom. The smallest absolute Gasteiger partial charge is 0.259 e. The first-order chi connectivity index (χ1) is 14.2. The Morgan fingerprint density at radius 2 is 1.80 bits per heavy atom. The Labute approximate surface area is 176 Å². The molecule has 0 aliphatic heterocycles. The zero-order valence-corrected chi connectivity index (χ0v) is 16.3. The summed E-state index contributed by atoms with van der Waals surface area (Å²) in [6, 6.07) is 13.3. The summed E-state index contributed by atoms with van der Waals surface area (Å²) in [5.74, 6) is 1.14. The molecule has 0 atom stereocenters. The molecule has 0 radical (unpaired) electrons. The first kappa shape index (κ1) is 21.2. The first-order valence-electron chi connectivity index (χ1n) is 9.74. The molecular formula is C24H26N4O2. The van der Waals surface area contributed by atoms with Crippen LogP contribution in [0.4, 0.5) is 0 Å². The van der Waals surface area contributed by atoms with Crippen LogP contribution in [-0.2, 0) is 12.8 Å². The normalized spacial score (nSPS) is 10.6. The van der Waals surface area contributed by atoms with E-state index in [2.05, 4.69) is 26.9 Å². The molecule has 3 aromatic heterocycles. The number of aromatic nitrogens is 4. The molecule has 0 aliphatic rings. The fourth-order valence-electron chi connectivity index (χ4n) is 3.17. The van der Waals surface area contributed by atoms with Gasteiger partial charge in [-0.2, -0.15) is 0 Å². The lowest BCUT2D eigenvalue weighted by atomic mass is 10.1. The van der Waals surface area contributed by atoms with Gasteiger partial charge in [0.1, 0.15) is 11.4 Å². The molecule has 0 spiro atoms. The maximum absolute atomic E-state index is 12.6. The van der Waals surface area contributed by atoms with E-state index in [9.17, 15) is 4.79 Å². The molecule has 1 N–H and O–H groups in total. The van der Waals surface area contributed by atoms with Crippen LogP contribution in [-0.4, -0.2) is 26.5 Å². The number of ether oxygens (including phenoxy) is 1. The van der Waals surface area contributed by atoms with E-state index in [0.717, 1.165) is 24.8 Å². The molecule has 0 saturated carbocycles. The molecule has 0 unspecified atom stereocenters. The van der Waals surface area contributed by atoms with Crippen LogP contribution in [0.1, 0.15) is 31.9 Å². The van der Waals surface area contributed by atoms with Crippen molar-refractivity contribution in [3.63, 3.8) is 0 Å². The molecule has 0 fully saturated rings. The van der Waals surface area contributed by atoms with Gasteiger partial charge in [0, 0.05) is 18.6 Å². The summed E-state index contributed by atoms with van der Waals surface area (Å²) in [5, 5.41) is 0.507. The standard InChI is InChI=1S/C23H22N4O2.CH4/c1-2-16-9-12-25-21(14-16)22-26-20-6-5-18(15-19(20)23(28)27-22)29-13-3-4-17-7-10-24-11-8-17;/h5-12,14-15H,2-4,13H2,1H3,(H,26,27,28);1H4. The summed E-state index contributed by atoms with van der Waals surface area (Å²) in [6.07, 6.45) is 8.03. The van der Waals surface area contributed by atoms with Gasteiger partial charge in [0.05, 0.1) is 17.5 Å². The SMILES string of the molecule is C.CCc1ccnc(-c2nc3ccc(OCCCc4ccncc4)cc3c(=O)[nH]2)c1. The zero-order valence-electron chi connectivity index (χ0n) is 16.3. The number of nitrogens with zero attached hydrogens (tertiary/aromatic N) is 3. The number of hydrogen-bond donors (Lipinski definition) is 1. The second kappa shape index (κ2) is 9.78. The molecule has 30 heavy (non-hydrogen) atoms. The van der Waals surface area contributed by atoms with Crippen LogP contribution in [0.25, 0.3) is 22.4 Å². The van der Waals surface area contributed by atoms with Gasteiger partial charge in [-0.15, -0.1) is 0 Å². The van der Waals surface area contributed by atoms with E-state index in [4.69, 9.17) is 4.74 Å². The number of aryl methyl sites for hydroxylation is 2. The highest BCUT2D eigenvalue weighted by atomic mass is 16.5. The summed E-state index contributed by atoms with van der Waals surface area (Å²) in [6.45, 7) is 2.65. The summed E-state index contributed by atoms with van der Waals surface area (Å²) < 4.78 is 5.83. The van der Waals surface area contributed by atoms with Gasteiger partial charge in [-0.1, -0.05) is 14.4 Å². The van der Waals surface area contributed by atoms with E-state index in [-0.39, 0.29) is 13.0 Å².